The minimum absolute atomic E-state index is 0.117. The molecule has 21 heavy (non-hydrogen) atoms. The van der Waals surface area contributed by atoms with Crippen LogP contribution in [0.5, 0.6) is 0 Å². The van der Waals surface area contributed by atoms with E-state index in [9.17, 15) is 4.79 Å². The number of hydrogen-bond donors (Lipinski definition) is 2. The maximum absolute atomic E-state index is 12.1. The molecule has 0 bridgehead atoms. The zero-order valence-corrected chi connectivity index (χ0v) is 13.2. The van der Waals surface area contributed by atoms with Crippen molar-refractivity contribution in [2.75, 3.05) is 5.32 Å². The van der Waals surface area contributed by atoms with Gasteiger partial charge in [-0.2, -0.15) is 0 Å². The summed E-state index contributed by atoms with van der Waals surface area (Å²) in [5, 5.41) is 3.81. The lowest BCUT2D eigenvalue weighted by Crippen LogP contribution is -2.16. The van der Waals surface area contributed by atoms with Crippen molar-refractivity contribution in [1.29, 1.82) is 0 Å². The third-order valence-electron chi connectivity index (χ3n) is 2.94. The SMILES string of the molecule is CC(C)Nc1nc2cc(-c3ccc(Cl)cc3)sc2c(=O)[nH]1. The van der Waals surface area contributed by atoms with Crippen LogP contribution in [0.4, 0.5) is 5.95 Å². The second-order valence-electron chi connectivity index (χ2n) is 5.05. The molecule has 2 heterocycles. The first-order valence-electron chi connectivity index (χ1n) is 6.59. The lowest BCUT2D eigenvalue weighted by atomic mass is 10.2. The quantitative estimate of drug-likeness (QED) is 0.763. The summed E-state index contributed by atoms with van der Waals surface area (Å²) >= 11 is 7.33. The van der Waals surface area contributed by atoms with E-state index < -0.39 is 0 Å². The molecule has 2 aromatic heterocycles. The number of rotatable bonds is 3. The van der Waals surface area contributed by atoms with E-state index in [2.05, 4.69) is 15.3 Å². The zero-order chi connectivity index (χ0) is 15.0. The predicted octanol–water partition coefficient (Wildman–Crippen LogP) is 4.13. The average molecular weight is 320 g/mol. The maximum Gasteiger partial charge on any atom is 0.270 e. The van der Waals surface area contributed by atoms with Gasteiger partial charge in [-0.05, 0) is 37.6 Å². The van der Waals surface area contributed by atoms with Gasteiger partial charge in [0.2, 0.25) is 5.95 Å². The number of nitrogens with one attached hydrogen (secondary N) is 2. The van der Waals surface area contributed by atoms with Crippen LogP contribution in [0.2, 0.25) is 5.02 Å². The highest BCUT2D eigenvalue weighted by molar-refractivity contribution is 7.22. The molecule has 4 nitrogen and oxygen atoms in total. The van der Waals surface area contributed by atoms with Crippen molar-refractivity contribution in [2.45, 2.75) is 19.9 Å². The van der Waals surface area contributed by atoms with Gasteiger partial charge >= 0.3 is 0 Å². The third kappa shape index (κ3) is 2.94. The Morgan fingerprint density at radius 2 is 2.00 bits per heavy atom. The number of halogens is 1. The van der Waals surface area contributed by atoms with Gasteiger partial charge in [-0.3, -0.25) is 9.78 Å². The summed E-state index contributed by atoms with van der Waals surface area (Å²) < 4.78 is 0.634. The fourth-order valence-electron chi connectivity index (χ4n) is 2.04. The van der Waals surface area contributed by atoms with E-state index in [1.165, 1.54) is 11.3 Å². The molecule has 0 saturated heterocycles. The largest absolute Gasteiger partial charge is 0.354 e. The third-order valence-corrected chi connectivity index (χ3v) is 4.36. The Morgan fingerprint density at radius 3 is 2.67 bits per heavy atom. The Kier molecular flexibility index (Phi) is 3.69. The Balaban J connectivity index is 2.09. The number of H-pyrrole nitrogens is 1. The van der Waals surface area contributed by atoms with Crippen molar-refractivity contribution in [1.82, 2.24) is 9.97 Å². The molecule has 0 saturated carbocycles. The summed E-state index contributed by atoms with van der Waals surface area (Å²) in [5.41, 5.74) is 1.62. The van der Waals surface area contributed by atoms with Gasteiger partial charge in [0.05, 0.1) is 5.52 Å². The fourth-order valence-corrected chi connectivity index (χ4v) is 3.16. The van der Waals surface area contributed by atoms with E-state index in [0.717, 1.165) is 10.4 Å². The normalized spacial score (nSPS) is 11.2. The standard InChI is InChI=1S/C15H14ClN3OS/c1-8(2)17-15-18-11-7-12(21-13(11)14(20)19-15)9-3-5-10(16)6-4-9/h3-8H,1-2H3,(H2,17,18,19,20). The number of anilines is 1. The lowest BCUT2D eigenvalue weighted by molar-refractivity contribution is 0.875. The van der Waals surface area contributed by atoms with E-state index in [1.807, 2.05) is 44.2 Å². The van der Waals surface area contributed by atoms with Gasteiger partial charge in [0.1, 0.15) is 4.70 Å². The first kappa shape index (κ1) is 14.1. The van der Waals surface area contributed by atoms with Crippen LogP contribution >= 0.6 is 22.9 Å². The smallest absolute Gasteiger partial charge is 0.270 e. The zero-order valence-electron chi connectivity index (χ0n) is 11.6. The molecule has 3 aromatic rings. The number of aromatic amines is 1. The van der Waals surface area contributed by atoms with Crippen molar-refractivity contribution < 1.29 is 0 Å². The molecule has 2 N–H and O–H groups in total. The summed E-state index contributed by atoms with van der Waals surface area (Å²) in [6.45, 7) is 3.99. The van der Waals surface area contributed by atoms with Crippen LogP contribution < -0.4 is 10.9 Å². The molecule has 0 aliphatic rings. The highest BCUT2D eigenvalue weighted by Gasteiger charge is 2.10. The number of nitrogens with zero attached hydrogens (tertiary/aromatic N) is 1. The van der Waals surface area contributed by atoms with Crippen molar-refractivity contribution in [2.24, 2.45) is 0 Å². The highest BCUT2D eigenvalue weighted by Crippen LogP contribution is 2.31. The Morgan fingerprint density at radius 1 is 1.29 bits per heavy atom. The van der Waals surface area contributed by atoms with Gasteiger partial charge in [0.25, 0.3) is 5.56 Å². The fraction of sp³-hybridized carbons (Fsp3) is 0.200. The minimum atomic E-state index is -0.117. The molecule has 1 aromatic carbocycles. The Hall–Kier alpha value is -1.85. The number of thiophene rings is 1. The van der Waals surface area contributed by atoms with Crippen LogP contribution in [-0.4, -0.2) is 16.0 Å². The Bertz CT molecular complexity index is 836. The van der Waals surface area contributed by atoms with Crippen LogP contribution in [0.25, 0.3) is 20.7 Å². The molecule has 0 unspecified atom stereocenters. The summed E-state index contributed by atoms with van der Waals surface area (Å²) in [6.07, 6.45) is 0. The van der Waals surface area contributed by atoms with Crippen LogP contribution in [0.1, 0.15) is 13.8 Å². The molecule has 0 radical (unpaired) electrons. The summed E-state index contributed by atoms with van der Waals surface area (Å²) in [6, 6.07) is 9.70. The van der Waals surface area contributed by atoms with Gasteiger partial charge in [0.15, 0.2) is 0 Å². The van der Waals surface area contributed by atoms with Crippen molar-refractivity contribution >= 4 is 39.1 Å². The minimum Gasteiger partial charge on any atom is -0.354 e. The molecule has 6 heteroatoms. The molecule has 0 amide bonds. The number of aromatic nitrogens is 2. The molecule has 3 rings (SSSR count). The molecule has 108 valence electrons. The van der Waals surface area contributed by atoms with E-state index >= 15 is 0 Å². The van der Waals surface area contributed by atoms with Gasteiger partial charge in [-0.25, -0.2) is 4.98 Å². The summed E-state index contributed by atoms with van der Waals surface area (Å²) in [4.78, 5) is 20.4. The first-order chi connectivity index (χ1) is 10.0. The summed E-state index contributed by atoms with van der Waals surface area (Å²) in [7, 11) is 0. The van der Waals surface area contributed by atoms with E-state index in [1.54, 1.807) is 0 Å². The molecule has 0 aliphatic heterocycles. The highest BCUT2D eigenvalue weighted by atomic mass is 35.5. The van der Waals surface area contributed by atoms with E-state index in [0.29, 0.717) is 21.2 Å². The predicted molar refractivity (Wildman–Crippen MR) is 89.4 cm³/mol. The number of fused-ring (bicyclic) bond motifs is 1. The molecule has 0 fully saturated rings. The second-order valence-corrected chi connectivity index (χ2v) is 6.53. The van der Waals surface area contributed by atoms with Gasteiger partial charge in [-0.15, -0.1) is 11.3 Å². The average Bonchev–Trinajstić information content (AvgIpc) is 2.83. The molecule has 0 aliphatic carbocycles. The molecule has 0 spiro atoms. The van der Waals surface area contributed by atoms with Crippen LogP contribution in [0.15, 0.2) is 35.1 Å². The Labute approximate surface area is 130 Å². The topological polar surface area (TPSA) is 57.8 Å². The molecular weight excluding hydrogens is 306 g/mol. The van der Waals surface area contributed by atoms with Gasteiger partial charge in [0, 0.05) is 15.9 Å². The van der Waals surface area contributed by atoms with Crippen LogP contribution in [-0.2, 0) is 0 Å². The van der Waals surface area contributed by atoms with Crippen molar-refractivity contribution in [3.63, 3.8) is 0 Å². The monoisotopic (exact) mass is 319 g/mol. The van der Waals surface area contributed by atoms with Crippen molar-refractivity contribution in [3.05, 3.63) is 45.7 Å². The van der Waals surface area contributed by atoms with Crippen LogP contribution in [0, 0.1) is 0 Å². The van der Waals surface area contributed by atoms with E-state index in [-0.39, 0.29) is 11.6 Å². The summed E-state index contributed by atoms with van der Waals surface area (Å²) in [5.74, 6) is 0.503. The van der Waals surface area contributed by atoms with Crippen LogP contribution in [0.3, 0.4) is 0 Å². The molecule has 0 atom stereocenters. The number of benzene rings is 1. The van der Waals surface area contributed by atoms with E-state index in [4.69, 9.17) is 11.6 Å². The second kappa shape index (κ2) is 5.50. The van der Waals surface area contributed by atoms with Gasteiger partial charge < -0.3 is 5.32 Å². The maximum atomic E-state index is 12.1. The molecular formula is C15H14ClN3OS. The first-order valence-corrected chi connectivity index (χ1v) is 7.79. The van der Waals surface area contributed by atoms with Crippen molar-refractivity contribution in [3.8, 4) is 10.4 Å². The lowest BCUT2D eigenvalue weighted by Gasteiger charge is -2.07. The number of hydrogen-bond acceptors (Lipinski definition) is 4. The van der Waals surface area contributed by atoms with Gasteiger partial charge in [-0.1, -0.05) is 23.7 Å².